The van der Waals surface area contributed by atoms with Crippen LogP contribution in [0.3, 0.4) is 0 Å². The average molecular weight is 208 g/mol. The number of hydrogen-bond donors (Lipinski definition) is 0. The molecule has 0 aromatic heterocycles. The number of ether oxygens (including phenoxy) is 2. The fraction of sp³-hybridized carbons (Fsp3) is 0.417. The summed E-state index contributed by atoms with van der Waals surface area (Å²) in [5.41, 5.74) is 1.84. The lowest BCUT2D eigenvalue weighted by molar-refractivity contribution is -0.211. The number of hydrogen-bond acceptors (Lipinski definition) is 3. The van der Waals surface area contributed by atoms with Gasteiger partial charge < -0.3 is 9.47 Å². The highest BCUT2D eigenvalue weighted by Crippen LogP contribution is 2.27. The maximum absolute atomic E-state index is 11.6. The van der Waals surface area contributed by atoms with Crippen molar-refractivity contribution in [3.05, 3.63) is 35.4 Å². The molecule has 0 radical (unpaired) electrons. The maximum Gasteiger partial charge on any atom is 0.255 e. The normalized spacial score (nSPS) is 11.5. The molecule has 0 fully saturated rings. The fourth-order valence-corrected chi connectivity index (χ4v) is 1.58. The molecule has 0 spiro atoms. The minimum absolute atomic E-state index is 0.170. The smallest absolute Gasteiger partial charge is 0.255 e. The van der Waals surface area contributed by atoms with E-state index in [0.29, 0.717) is 5.56 Å². The molecule has 1 aromatic carbocycles. The molecule has 0 atom stereocenters. The first-order chi connectivity index (χ1) is 7.06. The third kappa shape index (κ3) is 2.08. The van der Waals surface area contributed by atoms with E-state index in [0.717, 1.165) is 5.56 Å². The maximum atomic E-state index is 11.6. The Morgan fingerprint density at radius 3 is 1.93 bits per heavy atom. The highest BCUT2D eigenvalue weighted by Gasteiger charge is 2.37. The van der Waals surface area contributed by atoms with Gasteiger partial charge in [0.05, 0.1) is 0 Å². The topological polar surface area (TPSA) is 35.5 Å². The second-order valence-electron chi connectivity index (χ2n) is 3.45. The highest BCUT2D eigenvalue weighted by molar-refractivity contribution is 5.84. The number of aryl methyl sites for hydroxylation is 1. The average Bonchev–Trinajstić information content (AvgIpc) is 2.22. The number of Topliss-reactive ketones (excluding diaryl/α,β-unsaturated/α-hetero) is 1. The van der Waals surface area contributed by atoms with Gasteiger partial charge in [0.25, 0.3) is 5.79 Å². The molecule has 0 aliphatic heterocycles. The van der Waals surface area contributed by atoms with Crippen LogP contribution in [0.5, 0.6) is 0 Å². The third-order valence-electron chi connectivity index (χ3n) is 2.47. The summed E-state index contributed by atoms with van der Waals surface area (Å²) in [5.74, 6) is -1.44. The molecule has 0 unspecified atom stereocenters. The van der Waals surface area contributed by atoms with E-state index >= 15 is 0 Å². The summed E-state index contributed by atoms with van der Waals surface area (Å²) in [7, 11) is 2.93. The third-order valence-corrected chi connectivity index (χ3v) is 2.47. The molecule has 3 heteroatoms. The van der Waals surface area contributed by atoms with Crippen molar-refractivity contribution < 1.29 is 14.3 Å². The predicted molar refractivity (Wildman–Crippen MR) is 57.6 cm³/mol. The van der Waals surface area contributed by atoms with Crippen LogP contribution >= 0.6 is 0 Å². The van der Waals surface area contributed by atoms with Gasteiger partial charge in [-0.25, -0.2) is 0 Å². The molecule has 1 rings (SSSR count). The Balaban J connectivity index is 3.20. The van der Waals surface area contributed by atoms with E-state index in [2.05, 4.69) is 0 Å². The Morgan fingerprint density at radius 2 is 1.60 bits per heavy atom. The molecule has 15 heavy (non-hydrogen) atoms. The Morgan fingerprint density at radius 1 is 1.13 bits per heavy atom. The first kappa shape index (κ1) is 11.9. The molecule has 3 nitrogen and oxygen atoms in total. The van der Waals surface area contributed by atoms with Gasteiger partial charge in [-0.3, -0.25) is 4.79 Å². The van der Waals surface area contributed by atoms with E-state index in [1.807, 2.05) is 31.2 Å². The van der Waals surface area contributed by atoms with Crippen molar-refractivity contribution in [1.82, 2.24) is 0 Å². The van der Waals surface area contributed by atoms with Gasteiger partial charge in [0.15, 0.2) is 5.78 Å². The zero-order valence-corrected chi connectivity index (χ0v) is 9.53. The van der Waals surface area contributed by atoms with Gasteiger partial charge in [0.2, 0.25) is 0 Å². The summed E-state index contributed by atoms with van der Waals surface area (Å²) >= 11 is 0. The molecular formula is C12H16O3. The van der Waals surface area contributed by atoms with Crippen molar-refractivity contribution in [2.75, 3.05) is 14.2 Å². The SMILES string of the molecule is COC(OC)(C(C)=O)c1ccc(C)cc1. The lowest BCUT2D eigenvalue weighted by atomic mass is 10.0. The summed E-state index contributed by atoms with van der Waals surface area (Å²) in [5, 5.41) is 0. The number of carbonyl (C=O) groups is 1. The Labute approximate surface area is 90.0 Å². The molecule has 0 amide bonds. The van der Waals surface area contributed by atoms with Crippen LogP contribution in [-0.4, -0.2) is 20.0 Å². The summed E-state index contributed by atoms with van der Waals surface area (Å²) in [6, 6.07) is 7.52. The van der Waals surface area contributed by atoms with Crippen LogP contribution in [0, 0.1) is 6.92 Å². The number of benzene rings is 1. The standard InChI is InChI=1S/C12H16O3/c1-9-5-7-11(8-6-9)12(14-3,15-4)10(2)13/h5-8H,1-4H3. The van der Waals surface area contributed by atoms with Crippen LogP contribution in [0.15, 0.2) is 24.3 Å². The summed E-state index contributed by atoms with van der Waals surface area (Å²) in [6.45, 7) is 3.44. The monoisotopic (exact) mass is 208 g/mol. The minimum Gasteiger partial charge on any atom is -0.343 e. The van der Waals surface area contributed by atoms with Gasteiger partial charge in [0.1, 0.15) is 0 Å². The van der Waals surface area contributed by atoms with Crippen LogP contribution in [0.4, 0.5) is 0 Å². The molecule has 1 aromatic rings. The minimum atomic E-state index is -1.27. The van der Waals surface area contributed by atoms with E-state index in [4.69, 9.17) is 9.47 Å². The number of rotatable bonds is 4. The van der Waals surface area contributed by atoms with Crippen LogP contribution in [0.25, 0.3) is 0 Å². The van der Waals surface area contributed by atoms with Crippen LogP contribution < -0.4 is 0 Å². The van der Waals surface area contributed by atoms with Gasteiger partial charge in [0, 0.05) is 26.7 Å². The van der Waals surface area contributed by atoms with Crippen molar-refractivity contribution in [2.45, 2.75) is 19.6 Å². The summed E-state index contributed by atoms with van der Waals surface area (Å²) in [4.78, 5) is 11.6. The summed E-state index contributed by atoms with van der Waals surface area (Å²) < 4.78 is 10.4. The molecule has 0 saturated carbocycles. The van der Waals surface area contributed by atoms with E-state index in [1.54, 1.807) is 0 Å². The quantitative estimate of drug-likeness (QED) is 0.710. The van der Waals surface area contributed by atoms with E-state index in [1.165, 1.54) is 21.1 Å². The lowest BCUT2D eigenvalue weighted by Gasteiger charge is -2.28. The molecular weight excluding hydrogens is 192 g/mol. The van der Waals surface area contributed by atoms with E-state index in [-0.39, 0.29) is 5.78 Å². The molecule has 0 aliphatic rings. The van der Waals surface area contributed by atoms with Crippen LogP contribution in [0.2, 0.25) is 0 Å². The second kappa shape index (κ2) is 4.55. The number of carbonyl (C=O) groups excluding carboxylic acids is 1. The molecule has 0 bridgehead atoms. The van der Waals surface area contributed by atoms with E-state index in [9.17, 15) is 4.79 Å². The van der Waals surface area contributed by atoms with Gasteiger partial charge in [-0.05, 0) is 6.92 Å². The van der Waals surface area contributed by atoms with Gasteiger partial charge in [-0.1, -0.05) is 29.8 Å². The number of methoxy groups -OCH3 is 2. The second-order valence-corrected chi connectivity index (χ2v) is 3.45. The highest BCUT2D eigenvalue weighted by atomic mass is 16.7. The van der Waals surface area contributed by atoms with Crippen molar-refractivity contribution in [3.63, 3.8) is 0 Å². The Bertz CT molecular complexity index is 336. The Kier molecular flexibility index (Phi) is 3.61. The summed E-state index contributed by atoms with van der Waals surface area (Å²) in [6.07, 6.45) is 0. The zero-order valence-electron chi connectivity index (χ0n) is 9.53. The molecule has 82 valence electrons. The van der Waals surface area contributed by atoms with Crippen LogP contribution in [-0.2, 0) is 20.1 Å². The fourth-order valence-electron chi connectivity index (χ4n) is 1.58. The largest absolute Gasteiger partial charge is 0.343 e. The van der Waals surface area contributed by atoms with Crippen molar-refractivity contribution in [2.24, 2.45) is 0 Å². The van der Waals surface area contributed by atoms with Crippen LogP contribution in [0.1, 0.15) is 18.1 Å². The van der Waals surface area contributed by atoms with Gasteiger partial charge in [-0.2, -0.15) is 0 Å². The van der Waals surface area contributed by atoms with Crippen molar-refractivity contribution >= 4 is 5.78 Å². The van der Waals surface area contributed by atoms with Gasteiger partial charge >= 0.3 is 0 Å². The van der Waals surface area contributed by atoms with Gasteiger partial charge in [-0.15, -0.1) is 0 Å². The first-order valence-corrected chi connectivity index (χ1v) is 4.75. The number of ketones is 1. The molecule has 0 heterocycles. The molecule has 0 aliphatic carbocycles. The van der Waals surface area contributed by atoms with Crippen molar-refractivity contribution in [1.29, 1.82) is 0 Å². The van der Waals surface area contributed by atoms with E-state index < -0.39 is 5.79 Å². The zero-order chi connectivity index (χ0) is 11.5. The first-order valence-electron chi connectivity index (χ1n) is 4.75. The lowest BCUT2D eigenvalue weighted by Crippen LogP contribution is -2.38. The Hall–Kier alpha value is -1.19. The molecule has 0 saturated heterocycles. The molecule has 0 N–H and O–H groups in total. The predicted octanol–water partition coefficient (Wildman–Crippen LogP) is 2.03. The van der Waals surface area contributed by atoms with Crippen molar-refractivity contribution in [3.8, 4) is 0 Å².